The number of amides is 1. The third-order valence-electron chi connectivity index (χ3n) is 4.85. The number of H-pyrrole nitrogens is 1. The van der Waals surface area contributed by atoms with Crippen LogP contribution in [0, 0.1) is 6.92 Å². The molecular formula is C22H20F2N6O. The topological polar surface area (TPSA) is 95.6 Å². The first-order chi connectivity index (χ1) is 14.9. The van der Waals surface area contributed by atoms with E-state index in [-0.39, 0.29) is 17.2 Å². The average molecular weight is 422 g/mol. The number of pyridine rings is 1. The van der Waals surface area contributed by atoms with E-state index < -0.39 is 12.3 Å². The summed E-state index contributed by atoms with van der Waals surface area (Å²) in [6.45, 7) is 3.92. The monoisotopic (exact) mass is 422 g/mol. The molecule has 7 nitrogen and oxygen atoms in total. The predicted octanol–water partition coefficient (Wildman–Crippen LogP) is 5.02. The largest absolute Gasteiger partial charge is 0.362 e. The molecule has 1 atom stereocenters. The van der Waals surface area contributed by atoms with Crippen LogP contribution >= 0.6 is 0 Å². The Morgan fingerprint density at radius 3 is 2.77 bits per heavy atom. The number of halogens is 2. The quantitative estimate of drug-likeness (QED) is 0.405. The van der Waals surface area contributed by atoms with Gasteiger partial charge in [0, 0.05) is 29.8 Å². The van der Waals surface area contributed by atoms with Crippen molar-refractivity contribution in [3.05, 3.63) is 77.4 Å². The number of rotatable bonds is 6. The first-order valence-corrected chi connectivity index (χ1v) is 9.62. The molecule has 0 fully saturated rings. The minimum Gasteiger partial charge on any atom is -0.362 e. The van der Waals surface area contributed by atoms with Crippen LogP contribution in [0.2, 0.25) is 0 Å². The number of fused-ring (bicyclic) bond motifs is 1. The Hall–Kier alpha value is -3.88. The van der Waals surface area contributed by atoms with E-state index in [0.29, 0.717) is 11.5 Å². The lowest BCUT2D eigenvalue weighted by molar-refractivity contribution is 0.102. The molecule has 0 spiro atoms. The molecule has 9 heteroatoms. The molecule has 4 aromatic rings. The number of hydrogen-bond donors (Lipinski definition) is 3. The molecular weight excluding hydrogens is 402 g/mol. The molecule has 0 unspecified atom stereocenters. The smallest absolute Gasteiger partial charge is 0.265 e. The highest BCUT2D eigenvalue weighted by Crippen LogP contribution is 2.23. The molecule has 1 amide bonds. The van der Waals surface area contributed by atoms with Crippen LogP contribution in [0.1, 0.15) is 46.4 Å². The van der Waals surface area contributed by atoms with E-state index in [0.717, 1.165) is 34.6 Å². The Kier molecular flexibility index (Phi) is 5.57. The molecule has 0 bridgehead atoms. The van der Waals surface area contributed by atoms with Crippen molar-refractivity contribution in [3.63, 3.8) is 0 Å². The van der Waals surface area contributed by atoms with Gasteiger partial charge in [0.1, 0.15) is 11.3 Å². The number of aryl methyl sites for hydroxylation is 1. The van der Waals surface area contributed by atoms with Gasteiger partial charge in [-0.3, -0.25) is 9.78 Å². The van der Waals surface area contributed by atoms with Crippen molar-refractivity contribution in [2.75, 3.05) is 10.6 Å². The number of aromatic nitrogens is 4. The molecule has 0 aliphatic carbocycles. The van der Waals surface area contributed by atoms with E-state index in [2.05, 4.69) is 30.6 Å². The molecule has 0 radical (unpaired) electrons. The van der Waals surface area contributed by atoms with Crippen molar-refractivity contribution in [2.24, 2.45) is 0 Å². The van der Waals surface area contributed by atoms with E-state index in [9.17, 15) is 13.6 Å². The zero-order valence-corrected chi connectivity index (χ0v) is 16.9. The first-order valence-electron chi connectivity index (χ1n) is 9.62. The van der Waals surface area contributed by atoms with Crippen LogP contribution in [-0.4, -0.2) is 25.8 Å². The van der Waals surface area contributed by atoms with Gasteiger partial charge in [-0.15, -0.1) is 0 Å². The third kappa shape index (κ3) is 4.50. The highest BCUT2D eigenvalue weighted by Gasteiger charge is 2.14. The van der Waals surface area contributed by atoms with Crippen LogP contribution in [0.3, 0.4) is 0 Å². The maximum Gasteiger partial charge on any atom is 0.265 e. The number of nitrogens with zero attached hydrogens (tertiary/aromatic N) is 3. The lowest BCUT2D eigenvalue weighted by atomic mass is 10.1. The lowest BCUT2D eigenvalue weighted by Crippen LogP contribution is -2.14. The van der Waals surface area contributed by atoms with E-state index in [1.807, 2.05) is 38.2 Å². The van der Waals surface area contributed by atoms with Gasteiger partial charge in [-0.2, -0.15) is 0 Å². The Morgan fingerprint density at radius 2 is 1.97 bits per heavy atom. The van der Waals surface area contributed by atoms with Crippen molar-refractivity contribution in [1.29, 1.82) is 0 Å². The van der Waals surface area contributed by atoms with Gasteiger partial charge in [-0.05, 0) is 43.2 Å². The van der Waals surface area contributed by atoms with Crippen LogP contribution < -0.4 is 10.6 Å². The van der Waals surface area contributed by atoms with Crippen LogP contribution in [-0.2, 0) is 0 Å². The van der Waals surface area contributed by atoms with Crippen LogP contribution in [0.25, 0.3) is 11.2 Å². The minimum absolute atomic E-state index is 0.0693. The SMILES string of the molecule is Cc1c[nH]c2ncc(N[C@@H](C)c3cccc(NC(=O)c4cncc(C(F)F)c4)c3)nc12. The summed E-state index contributed by atoms with van der Waals surface area (Å²) in [6, 6.07) is 8.29. The number of benzene rings is 1. The van der Waals surface area contributed by atoms with Crippen LogP contribution in [0.5, 0.6) is 0 Å². The highest BCUT2D eigenvalue weighted by atomic mass is 19.3. The van der Waals surface area contributed by atoms with Gasteiger partial charge < -0.3 is 15.6 Å². The summed E-state index contributed by atoms with van der Waals surface area (Å²) in [4.78, 5) is 28.2. The summed E-state index contributed by atoms with van der Waals surface area (Å²) in [5, 5.41) is 6.03. The zero-order valence-electron chi connectivity index (χ0n) is 16.9. The van der Waals surface area contributed by atoms with E-state index in [1.54, 1.807) is 12.3 Å². The van der Waals surface area contributed by atoms with Gasteiger partial charge in [0.15, 0.2) is 5.65 Å². The number of nitrogens with one attached hydrogen (secondary N) is 3. The molecule has 3 N–H and O–H groups in total. The molecule has 4 rings (SSSR count). The van der Waals surface area contributed by atoms with Crippen molar-refractivity contribution < 1.29 is 13.6 Å². The number of anilines is 2. The average Bonchev–Trinajstić information content (AvgIpc) is 3.14. The fourth-order valence-electron chi connectivity index (χ4n) is 3.18. The van der Waals surface area contributed by atoms with Gasteiger partial charge in [-0.1, -0.05) is 12.1 Å². The lowest BCUT2D eigenvalue weighted by Gasteiger charge is -2.16. The van der Waals surface area contributed by atoms with E-state index in [1.165, 1.54) is 6.20 Å². The normalized spacial score (nSPS) is 12.2. The van der Waals surface area contributed by atoms with Gasteiger partial charge in [-0.25, -0.2) is 18.7 Å². The zero-order chi connectivity index (χ0) is 22.0. The van der Waals surface area contributed by atoms with E-state index in [4.69, 9.17) is 0 Å². The Balaban J connectivity index is 1.48. The Labute approximate surface area is 177 Å². The first kappa shape index (κ1) is 20.4. The second-order valence-electron chi connectivity index (χ2n) is 7.18. The number of hydrogen-bond acceptors (Lipinski definition) is 5. The summed E-state index contributed by atoms with van der Waals surface area (Å²) >= 11 is 0. The summed E-state index contributed by atoms with van der Waals surface area (Å²) in [5.74, 6) is 0.124. The van der Waals surface area contributed by atoms with Gasteiger partial charge in [0.05, 0.1) is 17.8 Å². The predicted molar refractivity (Wildman–Crippen MR) is 114 cm³/mol. The molecule has 0 saturated carbocycles. The molecule has 0 aliphatic rings. The van der Waals surface area contributed by atoms with Gasteiger partial charge in [0.25, 0.3) is 12.3 Å². The molecule has 0 aliphatic heterocycles. The molecule has 158 valence electrons. The summed E-state index contributed by atoms with van der Waals surface area (Å²) in [6.07, 6.45) is 3.13. The molecule has 31 heavy (non-hydrogen) atoms. The van der Waals surface area contributed by atoms with Crippen LogP contribution in [0.4, 0.5) is 20.3 Å². The summed E-state index contributed by atoms with van der Waals surface area (Å²) in [7, 11) is 0. The number of aromatic amines is 1. The fraction of sp³-hybridized carbons (Fsp3) is 0.182. The van der Waals surface area contributed by atoms with Gasteiger partial charge >= 0.3 is 0 Å². The maximum atomic E-state index is 12.9. The second kappa shape index (κ2) is 8.47. The van der Waals surface area contributed by atoms with Crippen molar-refractivity contribution in [2.45, 2.75) is 26.3 Å². The summed E-state index contributed by atoms with van der Waals surface area (Å²) < 4.78 is 25.7. The van der Waals surface area contributed by atoms with Crippen molar-refractivity contribution in [1.82, 2.24) is 19.9 Å². The van der Waals surface area contributed by atoms with Crippen molar-refractivity contribution in [3.8, 4) is 0 Å². The third-order valence-corrected chi connectivity index (χ3v) is 4.85. The summed E-state index contributed by atoms with van der Waals surface area (Å²) in [5.41, 5.74) is 3.76. The number of alkyl halides is 2. The van der Waals surface area contributed by atoms with Gasteiger partial charge in [0.2, 0.25) is 0 Å². The number of carbonyl (C=O) groups excluding carboxylic acids is 1. The Morgan fingerprint density at radius 1 is 1.13 bits per heavy atom. The Bertz CT molecular complexity index is 1240. The van der Waals surface area contributed by atoms with Crippen molar-refractivity contribution >= 4 is 28.6 Å². The molecule has 0 saturated heterocycles. The molecule has 3 heterocycles. The highest BCUT2D eigenvalue weighted by molar-refractivity contribution is 6.04. The van der Waals surface area contributed by atoms with E-state index >= 15 is 0 Å². The van der Waals surface area contributed by atoms with Crippen LogP contribution in [0.15, 0.2) is 55.1 Å². The minimum atomic E-state index is -2.69. The standard InChI is InChI=1S/C22H20F2N6O/c1-12-8-26-21-19(12)30-18(11-27-21)28-13(2)14-4-3-5-17(7-14)29-22(31)16-6-15(20(23)24)9-25-10-16/h3-11,13,20H,1-2H3,(H,26,27)(H,28,30)(H,29,31)/t13-/m0/s1. The molecule has 3 aromatic heterocycles. The second-order valence-corrected chi connectivity index (χ2v) is 7.18. The maximum absolute atomic E-state index is 12.9. The number of carbonyl (C=O) groups is 1. The molecule has 1 aromatic carbocycles. The fourth-order valence-corrected chi connectivity index (χ4v) is 3.18.